The molecule has 116 valence electrons. The SMILES string of the molecule is CCCCCC(=O)NC1[C@H](C)OC(C(=O)O)[C@@H](O)[C@@H]1O. The number of rotatable bonds is 6. The van der Waals surface area contributed by atoms with E-state index >= 15 is 0 Å². The molecule has 0 aromatic carbocycles. The average Bonchev–Trinajstić information content (AvgIpc) is 2.39. The van der Waals surface area contributed by atoms with Gasteiger partial charge in [-0.25, -0.2) is 4.79 Å². The van der Waals surface area contributed by atoms with Crippen molar-refractivity contribution >= 4 is 11.9 Å². The van der Waals surface area contributed by atoms with Crippen molar-refractivity contribution in [3.63, 3.8) is 0 Å². The molecule has 1 aliphatic heterocycles. The first-order valence-corrected chi connectivity index (χ1v) is 6.92. The van der Waals surface area contributed by atoms with Gasteiger partial charge in [0, 0.05) is 6.42 Å². The van der Waals surface area contributed by atoms with E-state index in [1.54, 1.807) is 6.92 Å². The predicted octanol–water partition coefficient (Wildman–Crippen LogP) is -0.355. The zero-order chi connectivity index (χ0) is 15.3. The highest BCUT2D eigenvalue weighted by Gasteiger charge is 2.46. The summed E-state index contributed by atoms with van der Waals surface area (Å²) in [6, 6.07) is -0.810. The van der Waals surface area contributed by atoms with Crippen LogP contribution in [0.25, 0.3) is 0 Å². The summed E-state index contributed by atoms with van der Waals surface area (Å²) < 4.78 is 5.15. The van der Waals surface area contributed by atoms with E-state index in [1.165, 1.54) is 0 Å². The molecular formula is C13H23NO6. The maximum absolute atomic E-state index is 11.7. The number of nitrogens with one attached hydrogen (secondary N) is 1. The lowest BCUT2D eigenvalue weighted by molar-refractivity contribution is -0.199. The molecule has 0 aromatic rings. The quantitative estimate of drug-likeness (QED) is 0.496. The predicted molar refractivity (Wildman–Crippen MR) is 70.1 cm³/mol. The van der Waals surface area contributed by atoms with Crippen molar-refractivity contribution in [2.75, 3.05) is 0 Å². The Bertz CT molecular complexity index is 348. The summed E-state index contributed by atoms with van der Waals surface area (Å²) >= 11 is 0. The molecule has 4 N–H and O–H groups in total. The number of carbonyl (C=O) groups is 2. The van der Waals surface area contributed by atoms with E-state index in [4.69, 9.17) is 9.84 Å². The van der Waals surface area contributed by atoms with Crippen LogP contribution in [-0.4, -0.2) is 57.7 Å². The van der Waals surface area contributed by atoms with Crippen LogP contribution in [0.5, 0.6) is 0 Å². The smallest absolute Gasteiger partial charge is 0.335 e. The number of carboxylic acids is 1. The molecule has 1 rings (SSSR count). The fraction of sp³-hybridized carbons (Fsp3) is 0.846. The number of unbranched alkanes of at least 4 members (excludes halogenated alkanes) is 2. The Morgan fingerprint density at radius 2 is 1.85 bits per heavy atom. The van der Waals surface area contributed by atoms with E-state index in [-0.39, 0.29) is 5.91 Å². The number of aliphatic hydroxyl groups excluding tert-OH is 2. The van der Waals surface area contributed by atoms with E-state index in [0.717, 1.165) is 19.3 Å². The number of amides is 1. The van der Waals surface area contributed by atoms with Crippen molar-refractivity contribution in [1.82, 2.24) is 5.32 Å². The van der Waals surface area contributed by atoms with E-state index in [2.05, 4.69) is 5.32 Å². The molecular weight excluding hydrogens is 266 g/mol. The highest BCUT2D eigenvalue weighted by Crippen LogP contribution is 2.21. The van der Waals surface area contributed by atoms with Crippen molar-refractivity contribution in [3.05, 3.63) is 0 Å². The lowest BCUT2D eigenvalue weighted by Crippen LogP contribution is -2.64. The third-order valence-corrected chi connectivity index (χ3v) is 3.47. The van der Waals surface area contributed by atoms with Gasteiger partial charge in [-0.05, 0) is 13.3 Å². The summed E-state index contributed by atoms with van der Waals surface area (Å²) in [6.45, 7) is 3.59. The summed E-state index contributed by atoms with van der Waals surface area (Å²) in [6.07, 6.45) is -2.07. The van der Waals surface area contributed by atoms with E-state index in [9.17, 15) is 19.8 Å². The summed E-state index contributed by atoms with van der Waals surface area (Å²) in [5, 5.41) is 31.1. The molecule has 2 unspecified atom stereocenters. The third-order valence-electron chi connectivity index (χ3n) is 3.47. The standard InChI is InChI=1S/C13H23NO6/c1-3-4-5-6-8(15)14-9-7(2)20-12(13(18)19)11(17)10(9)16/h7,9-12,16-17H,3-6H2,1-2H3,(H,14,15)(H,18,19)/t7-,9?,10+,11-,12?/m0/s1. The normalized spacial score (nSPS) is 33.7. The maximum atomic E-state index is 11.7. The summed E-state index contributed by atoms with van der Waals surface area (Å²) in [5.74, 6) is -1.57. The highest BCUT2D eigenvalue weighted by molar-refractivity contribution is 5.76. The maximum Gasteiger partial charge on any atom is 0.335 e. The van der Waals surface area contributed by atoms with E-state index < -0.39 is 36.4 Å². The van der Waals surface area contributed by atoms with Gasteiger partial charge < -0.3 is 25.4 Å². The van der Waals surface area contributed by atoms with Crippen LogP contribution in [0.3, 0.4) is 0 Å². The molecule has 0 saturated carbocycles. The van der Waals surface area contributed by atoms with Gasteiger partial charge in [-0.1, -0.05) is 19.8 Å². The van der Waals surface area contributed by atoms with Crippen molar-refractivity contribution < 1.29 is 29.6 Å². The first kappa shape index (κ1) is 16.9. The molecule has 0 aliphatic carbocycles. The van der Waals surface area contributed by atoms with Gasteiger partial charge in [0.15, 0.2) is 6.10 Å². The zero-order valence-corrected chi connectivity index (χ0v) is 11.8. The molecule has 0 aromatic heterocycles. The first-order valence-electron chi connectivity index (χ1n) is 6.92. The Balaban J connectivity index is 2.58. The molecule has 7 nitrogen and oxygen atoms in total. The minimum absolute atomic E-state index is 0.237. The summed E-state index contributed by atoms with van der Waals surface area (Å²) in [5.41, 5.74) is 0. The van der Waals surface area contributed by atoms with E-state index in [0.29, 0.717) is 6.42 Å². The molecule has 1 aliphatic rings. The Labute approximate surface area is 117 Å². The van der Waals surface area contributed by atoms with Crippen LogP contribution in [0.15, 0.2) is 0 Å². The monoisotopic (exact) mass is 289 g/mol. The van der Waals surface area contributed by atoms with Gasteiger partial charge in [0.25, 0.3) is 0 Å². The second-order valence-corrected chi connectivity index (χ2v) is 5.13. The second kappa shape index (κ2) is 7.56. The van der Waals surface area contributed by atoms with Crippen molar-refractivity contribution in [1.29, 1.82) is 0 Å². The van der Waals surface area contributed by atoms with Gasteiger partial charge in [0.1, 0.15) is 12.2 Å². The van der Waals surface area contributed by atoms with Crippen LogP contribution in [-0.2, 0) is 14.3 Å². The molecule has 1 fully saturated rings. The van der Waals surface area contributed by atoms with Crippen LogP contribution in [0.2, 0.25) is 0 Å². The van der Waals surface area contributed by atoms with Crippen molar-refractivity contribution in [2.45, 2.75) is 70.0 Å². The Hall–Kier alpha value is -1.18. The number of aliphatic hydroxyl groups is 2. The second-order valence-electron chi connectivity index (χ2n) is 5.13. The molecule has 5 atom stereocenters. The lowest BCUT2D eigenvalue weighted by atomic mass is 9.93. The van der Waals surface area contributed by atoms with Gasteiger partial charge in [0.05, 0.1) is 12.1 Å². The van der Waals surface area contributed by atoms with Crippen LogP contribution in [0.4, 0.5) is 0 Å². The minimum Gasteiger partial charge on any atom is -0.479 e. The first-order chi connectivity index (χ1) is 9.38. The van der Waals surface area contributed by atoms with Gasteiger partial charge in [-0.2, -0.15) is 0 Å². The number of hydrogen-bond acceptors (Lipinski definition) is 5. The molecule has 1 saturated heterocycles. The highest BCUT2D eigenvalue weighted by atomic mass is 16.5. The summed E-state index contributed by atoms with van der Waals surface area (Å²) in [7, 11) is 0. The Morgan fingerprint density at radius 1 is 1.20 bits per heavy atom. The average molecular weight is 289 g/mol. The van der Waals surface area contributed by atoms with Gasteiger partial charge in [-0.15, -0.1) is 0 Å². The van der Waals surface area contributed by atoms with Crippen LogP contribution < -0.4 is 5.32 Å². The van der Waals surface area contributed by atoms with E-state index in [1.807, 2.05) is 6.92 Å². The van der Waals surface area contributed by atoms with Crippen LogP contribution >= 0.6 is 0 Å². The lowest BCUT2D eigenvalue weighted by Gasteiger charge is -2.40. The van der Waals surface area contributed by atoms with Crippen LogP contribution in [0.1, 0.15) is 39.5 Å². The van der Waals surface area contributed by atoms with Crippen LogP contribution in [0, 0.1) is 0 Å². The Kier molecular flexibility index (Phi) is 6.38. The number of aliphatic carboxylic acids is 1. The fourth-order valence-corrected chi connectivity index (χ4v) is 2.27. The molecule has 0 spiro atoms. The molecule has 0 radical (unpaired) electrons. The van der Waals surface area contributed by atoms with Gasteiger partial charge in [-0.3, -0.25) is 4.79 Å². The fourth-order valence-electron chi connectivity index (χ4n) is 2.27. The number of hydrogen-bond donors (Lipinski definition) is 4. The number of ether oxygens (including phenoxy) is 1. The number of carbonyl (C=O) groups excluding carboxylic acids is 1. The molecule has 7 heteroatoms. The molecule has 20 heavy (non-hydrogen) atoms. The van der Waals surface area contributed by atoms with Crippen molar-refractivity contribution in [2.24, 2.45) is 0 Å². The summed E-state index contributed by atoms with van der Waals surface area (Å²) in [4.78, 5) is 22.6. The molecule has 1 heterocycles. The third kappa shape index (κ3) is 4.16. The minimum atomic E-state index is -1.57. The molecule has 0 bridgehead atoms. The molecule has 1 amide bonds. The largest absolute Gasteiger partial charge is 0.479 e. The topological polar surface area (TPSA) is 116 Å². The zero-order valence-electron chi connectivity index (χ0n) is 11.8. The number of carboxylic acid groups (broad SMARTS) is 1. The Morgan fingerprint density at radius 3 is 2.40 bits per heavy atom. The van der Waals surface area contributed by atoms with Crippen molar-refractivity contribution in [3.8, 4) is 0 Å². The van der Waals surface area contributed by atoms with Gasteiger partial charge in [0.2, 0.25) is 5.91 Å². The van der Waals surface area contributed by atoms with Gasteiger partial charge >= 0.3 is 5.97 Å².